The first-order valence-electron chi connectivity index (χ1n) is 6.05. The van der Waals surface area contributed by atoms with Gasteiger partial charge in [0.05, 0.1) is 11.1 Å². The molecule has 2 rings (SSSR count). The molecule has 0 spiro atoms. The predicted octanol–water partition coefficient (Wildman–Crippen LogP) is 1.74. The van der Waals surface area contributed by atoms with E-state index in [9.17, 15) is 19.3 Å². The summed E-state index contributed by atoms with van der Waals surface area (Å²) in [5.41, 5.74) is 0.238. The van der Waals surface area contributed by atoms with Gasteiger partial charge in [0.2, 0.25) is 5.82 Å². The molecule has 0 unspecified atom stereocenters. The van der Waals surface area contributed by atoms with E-state index in [4.69, 9.17) is 0 Å². The van der Waals surface area contributed by atoms with E-state index in [0.717, 1.165) is 17.7 Å². The van der Waals surface area contributed by atoms with Crippen LogP contribution in [0.25, 0.3) is 0 Å². The lowest BCUT2D eigenvalue weighted by Gasteiger charge is -2.16. The number of halogens is 1. The molecule has 1 aromatic carbocycles. The largest absolute Gasteiger partial charge is 0.337 e. The molecule has 0 saturated heterocycles. The van der Waals surface area contributed by atoms with E-state index in [1.165, 1.54) is 11.0 Å². The Bertz CT molecular complexity index is 698. The Morgan fingerprint density at radius 1 is 1.52 bits per heavy atom. The Labute approximate surface area is 119 Å². The number of aromatic nitrogens is 2. The van der Waals surface area contributed by atoms with Crippen molar-refractivity contribution in [1.29, 1.82) is 0 Å². The summed E-state index contributed by atoms with van der Waals surface area (Å²) in [5, 5.41) is 14.5. The lowest BCUT2D eigenvalue weighted by molar-refractivity contribution is -0.387. The number of nitrogens with zero attached hydrogens (tertiary/aromatic N) is 4. The molecule has 1 heterocycles. The number of amides is 1. The highest BCUT2D eigenvalue weighted by Crippen LogP contribution is 2.19. The molecule has 0 radical (unpaired) electrons. The monoisotopic (exact) mass is 292 g/mol. The fraction of sp³-hybridized carbons (Fsp3) is 0.231. The van der Waals surface area contributed by atoms with E-state index < -0.39 is 22.3 Å². The predicted molar refractivity (Wildman–Crippen MR) is 72.1 cm³/mol. The van der Waals surface area contributed by atoms with E-state index in [-0.39, 0.29) is 5.56 Å². The fourth-order valence-corrected chi connectivity index (χ4v) is 1.91. The molecule has 0 aliphatic carbocycles. The van der Waals surface area contributed by atoms with Gasteiger partial charge in [-0.25, -0.2) is 0 Å². The molecule has 1 aromatic heterocycles. The summed E-state index contributed by atoms with van der Waals surface area (Å²) in [7, 11) is 3.33. The number of nitro groups is 1. The molecule has 7 nitrogen and oxygen atoms in total. The number of carbonyl (C=O) groups is 1. The molecule has 0 N–H and O–H groups in total. The van der Waals surface area contributed by atoms with Crippen molar-refractivity contribution < 1.29 is 14.1 Å². The number of benzene rings is 1. The molecule has 0 saturated carbocycles. The summed E-state index contributed by atoms with van der Waals surface area (Å²) in [6.07, 6.45) is 3.39. The number of rotatable bonds is 4. The zero-order chi connectivity index (χ0) is 15.6. The van der Waals surface area contributed by atoms with Gasteiger partial charge in [-0.05, 0) is 12.1 Å². The average molecular weight is 292 g/mol. The molecule has 2 aromatic rings. The summed E-state index contributed by atoms with van der Waals surface area (Å²) >= 11 is 0. The first-order chi connectivity index (χ1) is 9.88. The van der Waals surface area contributed by atoms with Crippen LogP contribution in [0, 0.1) is 15.9 Å². The SMILES string of the molecule is CN(Cc1cnn(C)c1)C(=O)c1ccc([N+](=O)[O-])c(F)c1. The molecule has 0 aliphatic heterocycles. The lowest BCUT2D eigenvalue weighted by atomic mass is 10.1. The maximum atomic E-state index is 13.5. The Morgan fingerprint density at radius 3 is 2.76 bits per heavy atom. The highest BCUT2D eigenvalue weighted by atomic mass is 19.1. The van der Waals surface area contributed by atoms with Crippen molar-refractivity contribution in [3.63, 3.8) is 0 Å². The molecule has 0 bridgehead atoms. The van der Waals surface area contributed by atoms with Gasteiger partial charge in [-0.15, -0.1) is 0 Å². The molecule has 0 aliphatic rings. The van der Waals surface area contributed by atoms with Gasteiger partial charge in [0, 0.05) is 44.0 Å². The number of hydrogen-bond acceptors (Lipinski definition) is 4. The summed E-state index contributed by atoms with van der Waals surface area (Å²) < 4.78 is 15.1. The highest BCUT2D eigenvalue weighted by Gasteiger charge is 2.19. The van der Waals surface area contributed by atoms with Gasteiger partial charge in [-0.3, -0.25) is 19.6 Å². The zero-order valence-corrected chi connectivity index (χ0v) is 11.5. The average Bonchev–Trinajstić information content (AvgIpc) is 2.82. The minimum Gasteiger partial charge on any atom is -0.337 e. The smallest absolute Gasteiger partial charge is 0.304 e. The molecule has 0 fully saturated rings. The van der Waals surface area contributed by atoms with Crippen LogP contribution in [-0.4, -0.2) is 32.6 Å². The second-order valence-corrected chi connectivity index (χ2v) is 4.61. The van der Waals surface area contributed by atoms with E-state index >= 15 is 0 Å². The van der Waals surface area contributed by atoms with Gasteiger partial charge in [-0.2, -0.15) is 9.49 Å². The van der Waals surface area contributed by atoms with Crippen LogP contribution in [0.1, 0.15) is 15.9 Å². The molecule has 8 heteroatoms. The quantitative estimate of drug-likeness (QED) is 0.635. The normalized spacial score (nSPS) is 10.4. The standard InChI is InChI=1S/C13H13FN4O3/c1-16(7-9-6-15-17(2)8-9)13(19)10-3-4-12(18(20)21)11(14)5-10/h3-6,8H,7H2,1-2H3. The minimum atomic E-state index is -1.03. The van der Waals surface area contributed by atoms with Gasteiger partial charge in [0.15, 0.2) is 0 Å². The summed E-state index contributed by atoms with van der Waals surface area (Å²) in [6, 6.07) is 3.10. The van der Waals surface area contributed by atoms with Gasteiger partial charge >= 0.3 is 5.69 Å². The van der Waals surface area contributed by atoms with Crippen LogP contribution in [0.15, 0.2) is 30.6 Å². The van der Waals surface area contributed by atoms with Crippen LogP contribution < -0.4 is 0 Å². The first-order valence-corrected chi connectivity index (χ1v) is 6.05. The van der Waals surface area contributed by atoms with Crippen LogP contribution in [0.5, 0.6) is 0 Å². The molecular formula is C13H13FN4O3. The van der Waals surface area contributed by atoms with E-state index in [2.05, 4.69) is 5.10 Å². The first kappa shape index (κ1) is 14.6. The van der Waals surface area contributed by atoms with Crippen molar-refractivity contribution >= 4 is 11.6 Å². The van der Waals surface area contributed by atoms with Crippen LogP contribution in [-0.2, 0) is 13.6 Å². The second kappa shape index (κ2) is 5.70. The van der Waals surface area contributed by atoms with Gasteiger partial charge in [0.1, 0.15) is 0 Å². The number of aryl methyl sites for hydroxylation is 1. The topological polar surface area (TPSA) is 81.3 Å². The van der Waals surface area contributed by atoms with Gasteiger partial charge in [0.25, 0.3) is 5.91 Å². The van der Waals surface area contributed by atoms with Crippen LogP contribution in [0.4, 0.5) is 10.1 Å². The third kappa shape index (κ3) is 3.22. The summed E-state index contributed by atoms with van der Waals surface area (Å²) in [5.74, 6) is -1.45. The van der Waals surface area contributed by atoms with E-state index in [1.807, 2.05) is 0 Å². The van der Waals surface area contributed by atoms with Crippen molar-refractivity contribution in [2.45, 2.75) is 6.54 Å². The van der Waals surface area contributed by atoms with Crippen molar-refractivity contribution in [3.8, 4) is 0 Å². The zero-order valence-electron chi connectivity index (χ0n) is 11.5. The van der Waals surface area contributed by atoms with Crippen molar-refractivity contribution in [1.82, 2.24) is 14.7 Å². The maximum Gasteiger partial charge on any atom is 0.304 e. The van der Waals surface area contributed by atoms with Crippen LogP contribution in [0.2, 0.25) is 0 Å². The fourth-order valence-electron chi connectivity index (χ4n) is 1.91. The van der Waals surface area contributed by atoms with Crippen molar-refractivity contribution in [2.24, 2.45) is 7.05 Å². The molecule has 110 valence electrons. The van der Waals surface area contributed by atoms with Gasteiger partial charge in [-0.1, -0.05) is 0 Å². The molecular weight excluding hydrogens is 279 g/mol. The van der Waals surface area contributed by atoms with Crippen molar-refractivity contribution in [3.05, 3.63) is 57.7 Å². The summed E-state index contributed by atoms with van der Waals surface area (Å²) in [4.78, 5) is 23.2. The van der Waals surface area contributed by atoms with Crippen LogP contribution in [0.3, 0.4) is 0 Å². The number of carbonyl (C=O) groups excluding carboxylic acids is 1. The highest BCUT2D eigenvalue weighted by molar-refractivity contribution is 5.94. The molecule has 21 heavy (non-hydrogen) atoms. The van der Waals surface area contributed by atoms with Crippen molar-refractivity contribution in [2.75, 3.05) is 7.05 Å². The Morgan fingerprint density at radius 2 is 2.24 bits per heavy atom. The number of hydrogen-bond donors (Lipinski definition) is 0. The van der Waals surface area contributed by atoms with E-state index in [1.54, 1.807) is 31.2 Å². The second-order valence-electron chi connectivity index (χ2n) is 4.61. The molecule has 1 amide bonds. The van der Waals surface area contributed by atoms with Crippen LogP contribution >= 0.6 is 0 Å². The summed E-state index contributed by atoms with van der Waals surface area (Å²) in [6.45, 7) is 0.311. The Kier molecular flexibility index (Phi) is 3.97. The maximum absolute atomic E-state index is 13.5. The number of nitro benzene ring substituents is 1. The van der Waals surface area contributed by atoms with E-state index in [0.29, 0.717) is 6.54 Å². The Balaban J connectivity index is 2.15. The van der Waals surface area contributed by atoms with Gasteiger partial charge < -0.3 is 4.90 Å². The lowest BCUT2D eigenvalue weighted by Crippen LogP contribution is -2.26. The third-order valence-electron chi connectivity index (χ3n) is 2.92. The Hall–Kier alpha value is -2.77. The third-order valence-corrected chi connectivity index (χ3v) is 2.92. The minimum absolute atomic E-state index is 0.0597. The molecule has 0 atom stereocenters.